The summed E-state index contributed by atoms with van der Waals surface area (Å²) in [5, 5.41) is 166. The van der Waals surface area contributed by atoms with E-state index in [4.69, 9.17) is 56.8 Å². The molecule has 37 atom stereocenters. The van der Waals surface area contributed by atoms with Gasteiger partial charge in [-0.25, -0.2) is 0 Å². The van der Waals surface area contributed by atoms with Gasteiger partial charge in [-0.15, -0.1) is 0 Å². The van der Waals surface area contributed by atoms with Crippen LogP contribution in [0.25, 0.3) is 0 Å². The first-order valence-corrected chi connectivity index (χ1v) is 30.7. The van der Waals surface area contributed by atoms with E-state index in [0.29, 0.717) is 48.3 Å². The number of aliphatic hydroxyl groups excluding tert-OH is 15. The molecule has 484 valence electrons. The Morgan fingerprint density at radius 2 is 1.08 bits per heavy atom. The van der Waals surface area contributed by atoms with Crippen molar-refractivity contribution < 1.29 is 133 Å². The van der Waals surface area contributed by atoms with Crippen LogP contribution in [0.3, 0.4) is 0 Å². The molecule has 15 N–H and O–H groups in total. The van der Waals surface area contributed by atoms with Gasteiger partial charge in [-0.05, 0) is 105 Å². The van der Waals surface area contributed by atoms with E-state index in [1.165, 1.54) is 6.92 Å². The second-order valence-corrected chi connectivity index (χ2v) is 27.2. The van der Waals surface area contributed by atoms with Crippen molar-refractivity contribution in [1.29, 1.82) is 0 Å². The van der Waals surface area contributed by atoms with Crippen LogP contribution in [0.15, 0.2) is 0 Å². The molecule has 37 unspecified atom stereocenters. The van der Waals surface area contributed by atoms with Crippen LogP contribution in [0.1, 0.15) is 92.4 Å². The fourth-order valence-corrected chi connectivity index (χ4v) is 17.6. The molecule has 0 radical (unpaired) electrons. The molecule has 0 amide bonds. The molecule has 11 aliphatic rings. The van der Waals surface area contributed by atoms with Gasteiger partial charge in [0.15, 0.2) is 37.2 Å². The number of fused-ring (bicyclic) bond motifs is 7. The molecule has 4 saturated carbocycles. The molecule has 7 saturated heterocycles. The van der Waals surface area contributed by atoms with Crippen molar-refractivity contribution in [1.82, 2.24) is 0 Å². The Hall–Kier alpha value is -1.08. The summed E-state index contributed by atoms with van der Waals surface area (Å²) in [7, 11) is 0. The van der Waals surface area contributed by atoms with E-state index >= 15 is 0 Å². The van der Waals surface area contributed by atoms with Gasteiger partial charge in [-0.2, -0.15) is 0 Å². The van der Waals surface area contributed by atoms with Crippen LogP contribution in [0, 0.1) is 58.2 Å². The summed E-state index contributed by atoms with van der Waals surface area (Å²) >= 11 is 0. The van der Waals surface area contributed by atoms with Crippen molar-refractivity contribution >= 4 is 0 Å². The third-order valence-corrected chi connectivity index (χ3v) is 22.5. The van der Waals surface area contributed by atoms with E-state index < -0.39 is 198 Å². The van der Waals surface area contributed by atoms with Crippen molar-refractivity contribution in [3.05, 3.63) is 0 Å². The molecule has 11 fully saturated rings. The quantitative estimate of drug-likeness (QED) is 0.0733. The summed E-state index contributed by atoms with van der Waals surface area (Å²) in [5.74, 6) is 1.14. The molecule has 0 bridgehead atoms. The van der Waals surface area contributed by atoms with Gasteiger partial charge in [-0.3, -0.25) is 0 Å². The van der Waals surface area contributed by atoms with Crippen molar-refractivity contribution in [3.8, 4) is 0 Å². The van der Waals surface area contributed by atoms with E-state index in [1.54, 1.807) is 0 Å². The largest absolute Gasteiger partial charge is 0.396 e. The maximum absolute atomic E-state index is 12.1. The Morgan fingerprint density at radius 1 is 0.476 bits per heavy atom. The van der Waals surface area contributed by atoms with Crippen molar-refractivity contribution in [2.45, 2.75) is 258 Å². The molecule has 27 heteroatoms. The molecule has 7 aliphatic heterocycles. The van der Waals surface area contributed by atoms with E-state index in [1.807, 2.05) is 0 Å². The molecule has 1 spiro atoms. The lowest BCUT2D eigenvalue weighted by Gasteiger charge is -2.62. The zero-order chi connectivity index (χ0) is 60.2. The van der Waals surface area contributed by atoms with Gasteiger partial charge < -0.3 is 133 Å². The molecule has 27 nitrogen and oxygen atoms in total. The lowest BCUT2D eigenvalue weighted by Crippen LogP contribution is -2.68. The molecule has 0 aromatic rings. The minimum absolute atomic E-state index is 0.109. The van der Waals surface area contributed by atoms with Gasteiger partial charge in [-0.1, -0.05) is 27.7 Å². The highest BCUT2D eigenvalue weighted by Crippen LogP contribution is 2.71. The third-order valence-electron chi connectivity index (χ3n) is 22.5. The Bertz CT molecular complexity index is 2180. The van der Waals surface area contributed by atoms with E-state index in [9.17, 15) is 76.6 Å². The summed E-state index contributed by atoms with van der Waals surface area (Å²) in [6.45, 7) is 7.70. The molecule has 0 aromatic heterocycles. The van der Waals surface area contributed by atoms with Crippen LogP contribution >= 0.6 is 0 Å². The Balaban J connectivity index is 0.786. The molecule has 0 aromatic carbocycles. The summed E-state index contributed by atoms with van der Waals surface area (Å²) in [5.41, 5.74) is -0.107. The normalized spacial score (nSPS) is 57.7. The topological polar surface area (TPSA) is 414 Å². The number of rotatable bonds is 14. The lowest BCUT2D eigenvalue weighted by molar-refractivity contribution is -0.406. The minimum atomic E-state index is -2.08. The van der Waals surface area contributed by atoms with Gasteiger partial charge in [0, 0.05) is 18.3 Å². The van der Waals surface area contributed by atoms with Crippen LogP contribution in [-0.2, 0) is 56.8 Å². The molecule has 4 aliphatic carbocycles. The molecule has 84 heavy (non-hydrogen) atoms. The first-order chi connectivity index (χ1) is 39.9. The van der Waals surface area contributed by atoms with Crippen LogP contribution in [0.5, 0.6) is 0 Å². The maximum Gasteiger partial charge on any atom is 0.187 e. The summed E-state index contributed by atoms with van der Waals surface area (Å²) < 4.78 is 73.8. The van der Waals surface area contributed by atoms with Gasteiger partial charge >= 0.3 is 0 Å². The predicted molar refractivity (Wildman–Crippen MR) is 279 cm³/mol. The highest BCUT2D eigenvalue weighted by Gasteiger charge is 2.70. The third kappa shape index (κ3) is 11.2. The second-order valence-electron chi connectivity index (χ2n) is 27.2. The van der Waals surface area contributed by atoms with Gasteiger partial charge in [0.2, 0.25) is 0 Å². The van der Waals surface area contributed by atoms with Crippen LogP contribution in [0.2, 0.25) is 0 Å². The zero-order valence-electron chi connectivity index (χ0n) is 48.3. The maximum atomic E-state index is 12.1. The molecular weight excluding hydrogens is 1120 g/mol. The number of hydrogen-bond donors (Lipinski definition) is 15. The predicted octanol–water partition coefficient (Wildman–Crippen LogP) is -4.20. The number of aliphatic hydroxyl groups is 15. The fraction of sp³-hybridized carbons (Fsp3) is 1.00. The number of hydrogen-bond acceptors (Lipinski definition) is 27. The van der Waals surface area contributed by atoms with E-state index in [0.717, 1.165) is 51.6 Å². The summed E-state index contributed by atoms with van der Waals surface area (Å²) in [6.07, 6.45) is -34.6. The summed E-state index contributed by atoms with van der Waals surface area (Å²) in [4.78, 5) is 0. The molecule has 11 rings (SSSR count). The fourth-order valence-electron chi connectivity index (χ4n) is 17.6. The van der Waals surface area contributed by atoms with Crippen LogP contribution in [0.4, 0.5) is 0 Å². The average molecular weight is 1210 g/mol. The standard InChI is InChI=1S/C57H94O27/c1-21-8-11-57(74-19-21)22(2)35-31(84-57)13-28-26-7-6-25-12-30(29(62)14-56(25,5)27(26)9-10-55(28,35)4)76-52-44(71)41(68)47(34(18-61)79-52)81-54-49(83-53-43(70)40(67)37(64)32(16-59)77-53)48(38(65)33(17-60)78-54)82-50-45(72)46(24(15-58)20-73-50)80-51-42(69)39(66)36(63)23(3)75-51/h21-54,58-72H,6-20H2,1-5H3. The molecular formula is C57H94O27. The van der Waals surface area contributed by atoms with E-state index in [2.05, 4.69) is 27.7 Å². The zero-order valence-corrected chi connectivity index (χ0v) is 48.3. The summed E-state index contributed by atoms with van der Waals surface area (Å²) in [6, 6.07) is 0. The first-order valence-electron chi connectivity index (χ1n) is 30.7. The van der Waals surface area contributed by atoms with E-state index in [-0.39, 0.29) is 22.9 Å². The lowest BCUT2D eigenvalue weighted by atomic mass is 9.44. The van der Waals surface area contributed by atoms with Crippen LogP contribution < -0.4 is 0 Å². The Labute approximate surface area is 487 Å². The monoisotopic (exact) mass is 1210 g/mol. The SMILES string of the molecule is CC1CCC2(OC1)OC1CC3C4CCC5CC(OC6OC(CO)C(OC7OC(CO)C(O)C(OC8OCC(CO)C(OC9OC(C)C(O)C(O)C9O)C8O)C7OC7OC(CO)C(O)C(O)C7O)C(O)C6O)C(O)CC5(C)C4CCC3(C)C1C2C. The highest BCUT2D eigenvalue weighted by molar-refractivity contribution is 5.16. The van der Waals surface area contributed by atoms with Gasteiger partial charge in [0.05, 0.1) is 70.2 Å². The van der Waals surface area contributed by atoms with Crippen molar-refractivity contribution in [2.24, 2.45) is 58.2 Å². The van der Waals surface area contributed by atoms with Gasteiger partial charge in [0.1, 0.15) is 97.7 Å². The highest BCUT2D eigenvalue weighted by atomic mass is 16.8. The Morgan fingerprint density at radius 3 is 1.76 bits per heavy atom. The Kier molecular flexibility index (Phi) is 19.3. The first kappa shape index (κ1) is 64.4. The van der Waals surface area contributed by atoms with Crippen LogP contribution in [-0.4, -0.2) is 282 Å². The average Bonchev–Trinajstić information content (AvgIpc) is 2.08. The number of ether oxygens (including phenoxy) is 12. The molecule has 7 heterocycles. The van der Waals surface area contributed by atoms with Crippen molar-refractivity contribution in [3.63, 3.8) is 0 Å². The smallest absolute Gasteiger partial charge is 0.187 e. The minimum Gasteiger partial charge on any atom is -0.396 e. The van der Waals surface area contributed by atoms with Gasteiger partial charge in [0.25, 0.3) is 0 Å². The second kappa shape index (κ2) is 25.2. The van der Waals surface area contributed by atoms with Crippen molar-refractivity contribution in [2.75, 3.05) is 39.6 Å².